The standard InChI is InChI=1S/C27H30F4N4O4/c28-21-10-9-20(27(29,30)31)14-19(21)17-39-26(38)34-13-11-24(36)35-22(8-4-5-12-32)25(37)33(16-23(34)35)15-18-6-2-1-3-7-18/h1-3,6-7,9-10,14,22-23H,4-5,8,11-13,15-17,32H2/t22-,23+/m0/s1. The number of benzene rings is 2. The fraction of sp³-hybridized carbons (Fsp3) is 0.444. The summed E-state index contributed by atoms with van der Waals surface area (Å²) < 4.78 is 58.6. The quantitative estimate of drug-likeness (QED) is 0.398. The molecule has 8 nitrogen and oxygen atoms in total. The van der Waals surface area contributed by atoms with Crippen molar-refractivity contribution in [2.75, 3.05) is 19.6 Å². The van der Waals surface area contributed by atoms with Gasteiger partial charge in [-0.05, 0) is 49.6 Å². The number of halogens is 4. The van der Waals surface area contributed by atoms with E-state index < -0.39 is 48.0 Å². The van der Waals surface area contributed by atoms with E-state index in [2.05, 4.69) is 0 Å². The summed E-state index contributed by atoms with van der Waals surface area (Å²) in [7, 11) is 0. The van der Waals surface area contributed by atoms with Gasteiger partial charge in [0, 0.05) is 25.1 Å². The number of unbranched alkanes of at least 4 members (excludes halogenated alkanes) is 1. The fourth-order valence-corrected chi connectivity index (χ4v) is 4.98. The van der Waals surface area contributed by atoms with E-state index in [-0.39, 0.29) is 37.9 Å². The summed E-state index contributed by atoms with van der Waals surface area (Å²) >= 11 is 0. The van der Waals surface area contributed by atoms with E-state index >= 15 is 0 Å². The highest BCUT2D eigenvalue weighted by atomic mass is 19.4. The van der Waals surface area contributed by atoms with Crippen molar-refractivity contribution in [3.05, 3.63) is 71.0 Å². The minimum Gasteiger partial charge on any atom is -0.444 e. The molecule has 0 aromatic heterocycles. The minimum absolute atomic E-state index is 0.00715. The first-order chi connectivity index (χ1) is 18.6. The molecule has 2 aromatic carbocycles. The minimum atomic E-state index is -4.68. The summed E-state index contributed by atoms with van der Waals surface area (Å²) in [5.74, 6) is -1.45. The topological polar surface area (TPSA) is 96.2 Å². The fourth-order valence-electron chi connectivity index (χ4n) is 4.98. The van der Waals surface area contributed by atoms with Crippen molar-refractivity contribution < 1.29 is 36.7 Å². The molecule has 0 unspecified atom stereocenters. The molecule has 39 heavy (non-hydrogen) atoms. The zero-order valence-corrected chi connectivity index (χ0v) is 21.2. The third-order valence-corrected chi connectivity index (χ3v) is 6.96. The average molecular weight is 551 g/mol. The molecule has 2 saturated heterocycles. The van der Waals surface area contributed by atoms with Gasteiger partial charge in [0.05, 0.1) is 12.1 Å². The Hall–Kier alpha value is -3.67. The van der Waals surface area contributed by atoms with Crippen molar-refractivity contribution in [1.82, 2.24) is 14.7 Å². The van der Waals surface area contributed by atoms with Crippen LogP contribution in [0.15, 0.2) is 48.5 Å². The third-order valence-electron chi connectivity index (χ3n) is 6.96. The number of ether oxygens (including phenoxy) is 1. The van der Waals surface area contributed by atoms with Gasteiger partial charge in [-0.25, -0.2) is 9.18 Å². The second-order valence-corrected chi connectivity index (χ2v) is 9.59. The van der Waals surface area contributed by atoms with Gasteiger partial charge in [0.15, 0.2) is 0 Å². The molecule has 0 bridgehead atoms. The Balaban J connectivity index is 1.55. The molecule has 2 heterocycles. The first kappa shape index (κ1) is 28.3. The molecule has 4 rings (SSSR count). The van der Waals surface area contributed by atoms with Crippen LogP contribution < -0.4 is 5.73 Å². The van der Waals surface area contributed by atoms with E-state index in [9.17, 15) is 31.9 Å². The van der Waals surface area contributed by atoms with Crippen LogP contribution in [0.5, 0.6) is 0 Å². The summed E-state index contributed by atoms with van der Waals surface area (Å²) in [5, 5.41) is 0. The molecule has 0 saturated carbocycles. The highest BCUT2D eigenvalue weighted by Crippen LogP contribution is 2.32. The van der Waals surface area contributed by atoms with Crippen molar-refractivity contribution in [2.24, 2.45) is 5.73 Å². The third kappa shape index (κ3) is 6.49. The number of amides is 3. The zero-order valence-electron chi connectivity index (χ0n) is 21.2. The van der Waals surface area contributed by atoms with Gasteiger partial charge in [-0.15, -0.1) is 0 Å². The van der Waals surface area contributed by atoms with Crippen molar-refractivity contribution in [2.45, 2.75) is 57.2 Å². The molecule has 3 amide bonds. The number of hydrogen-bond acceptors (Lipinski definition) is 5. The predicted octanol–water partition coefficient (Wildman–Crippen LogP) is 3.88. The molecule has 0 spiro atoms. The van der Waals surface area contributed by atoms with Gasteiger partial charge < -0.3 is 20.3 Å². The normalized spacial score (nSPS) is 19.8. The van der Waals surface area contributed by atoms with Crippen LogP contribution in [0, 0.1) is 5.82 Å². The van der Waals surface area contributed by atoms with E-state index in [0.717, 1.165) is 5.56 Å². The Morgan fingerprint density at radius 2 is 1.82 bits per heavy atom. The number of carbonyl (C=O) groups excluding carboxylic acids is 3. The van der Waals surface area contributed by atoms with Gasteiger partial charge in [-0.1, -0.05) is 30.3 Å². The number of nitrogens with two attached hydrogens (primary N) is 1. The van der Waals surface area contributed by atoms with E-state index in [1.165, 1.54) is 9.80 Å². The van der Waals surface area contributed by atoms with E-state index in [1.54, 1.807) is 4.90 Å². The molecule has 2 N–H and O–H groups in total. The average Bonchev–Trinajstić information content (AvgIpc) is 2.90. The SMILES string of the molecule is NCCCC[C@H]1C(=O)N(Cc2ccccc2)C[C@@H]2N(C(=O)OCc3cc(C(F)(F)F)ccc3F)CCC(=O)N21. The number of rotatable bonds is 8. The van der Waals surface area contributed by atoms with Gasteiger partial charge in [0.1, 0.15) is 24.6 Å². The Morgan fingerprint density at radius 3 is 2.51 bits per heavy atom. The molecular formula is C27H30F4N4O4. The van der Waals surface area contributed by atoms with Crippen LogP contribution in [0.4, 0.5) is 22.4 Å². The van der Waals surface area contributed by atoms with Crippen LogP contribution in [0.2, 0.25) is 0 Å². The lowest BCUT2D eigenvalue weighted by Crippen LogP contribution is -2.71. The molecule has 12 heteroatoms. The molecule has 0 radical (unpaired) electrons. The number of alkyl halides is 3. The van der Waals surface area contributed by atoms with Gasteiger partial charge in [0.2, 0.25) is 11.8 Å². The molecule has 0 aliphatic carbocycles. The molecule has 2 aliphatic heterocycles. The maximum Gasteiger partial charge on any atom is 0.416 e. The van der Waals surface area contributed by atoms with Crippen molar-refractivity contribution in [3.8, 4) is 0 Å². The highest BCUT2D eigenvalue weighted by molar-refractivity contribution is 5.90. The summed E-state index contributed by atoms with van der Waals surface area (Å²) in [6.07, 6.45) is -4.87. The Morgan fingerprint density at radius 1 is 1.08 bits per heavy atom. The molecule has 2 aliphatic rings. The summed E-state index contributed by atoms with van der Waals surface area (Å²) in [5.41, 5.74) is 5.00. The predicted molar refractivity (Wildman–Crippen MR) is 132 cm³/mol. The summed E-state index contributed by atoms with van der Waals surface area (Å²) in [6.45, 7) is -0.00843. The largest absolute Gasteiger partial charge is 0.444 e. The zero-order chi connectivity index (χ0) is 28.2. The lowest BCUT2D eigenvalue weighted by atomic mass is 9.98. The summed E-state index contributed by atoms with van der Waals surface area (Å²) in [4.78, 5) is 43.9. The maximum absolute atomic E-state index is 14.2. The Labute approximate surface area is 223 Å². The van der Waals surface area contributed by atoms with Crippen LogP contribution in [0.25, 0.3) is 0 Å². The molecule has 2 fully saturated rings. The summed E-state index contributed by atoms with van der Waals surface area (Å²) in [6, 6.07) is 10.4. The van der Waals surface area contributed by atoms with Gasteiger partial charge >= 0.3 is 12.3 Å². The Bertz CT molecular complexity index is 1190. The van der Waals surface area contributed by atoms with Crippen LogP contribution in [0.3, 0.4) is 0 Å². The van der Waals surface area contributed by atoms with E-state index in [0.29, 0.717) is 44.0 Å². The number of carbonyl (C=O) groups is 3. The maximum atomic E-state index is 14.2. The van der Waals surface area contributed by atoms with Gasteiger partial charge in [0.25, 0.3) is 0 Å². The lowest BCUT2D eigenvalue weighted by Gasteiger charge is -2.52. The lowest BCUT2D eigenvalue weighted by molar-refractivity contribution is -0.169. The molecule has 2 atom stereocenters. The number of nitrogens with zero attached hydrogens (tertiary/aromatic N) is 3. The van der Waals surface area contributed by atoms with Crippen LogP contribution in [-0.2, 0) is 33.7 Å². The van der Waals surface area contributed by atoms with Crippen molar-refractivity contribution in [1.29, 1.82) is 0 Å². The van der Waals surface area contributed by atoms with Crippen LogP contribution >= 0.6 is 0 Å². The Kier molecular flexibility index (Phi) is 8.73. The first-order valence-corrected chi connectivity index (χ1v) is 12.7. The number of fused-ring (bicyclic) bond motifs is 1. The van der Waals surface area contributed by atoms with Crippen molar-refractivity contribution >= 4 is 17.9 Å². The highest BCUT2D eigenvalue weighted by Gasteiger charge is 2.48. The number of piperazine rings is 1. The second-order valence-electron chi connectivity index (χ2n) is 9.59. The molecule has 210 valence electrons. The monoisotopic (exact) mass is 550 g/mol. The van der Waals surface area contributed by atoms with Gasteiger partial charge in [-0.3, -0.25) is 14.5 Å². The van der Waals surface area contributed by atoms with Crippen LogP contribution in [-0.4, -0.2) is 64.4 Å². The second kappa shape index (κ2) is 12.0. The first-order valence-electron chi connectivity index (χ1n) is 12.7. The van der Waals surface area contributed by atoms with E-state index in [1.807, 2.05) is 30.3 Å². The molecular weight excluding hydrogens is 520 g/mol. The van der Waals surface area contributed by atoms with Gasteiger partial charge in [-0.2, -0.15) is 13.2 Å². The van der Waals surface area contributed by atoms with Crippen molar-refractivity contribution in [3.63, 3.8) is 0 Å². The molecule has 2 aromatic rings. The number of hydrogen-bond donors (Lipinski definition) is 1. The smallest absolute Gasteiger partial charge is 0.416 e. The van der Waals surface area contributed by atoms with E-state index in [4.69, 9.17) is 10.5 Å². The van der Waals surface area contributed by atoms with Crippen LogP contribution in [0.1, 0.15) is 42.4 Å².